The third-order valence-corrected chi connectivity index (χ3v) is 4.00. The first kappa shape index (κ1) is 14.8. The van der Waals surface area contributed by atoms with E-state index in [2.05, 4.69) is 69.3 Å². The third kappa shape index (κ3) is 3.71. The Labute approximate surface area is 122 Å². The highest BCUT2D eigenvalue weighted by atomic mass is 14.6. The van der Waals surface area contributed by atoms with E-state index in [1.807, 2.05) is 6.07 Å². The Bertz CT molecular complexity index is 513. The standard InChI is InChI=1S/C19H25N/c1-14(2)17-11-9-16(10-12-17)13-15(3)19(20)18-7-5-4-6-8-18/h4-12,14-15,19H,13,20H2,1-3H3. The largest absolute Gasteiger partial charge is 0.324 e. The van der Waals surface area contributed by atoms with Crippen molar-refractivity contribution in [1.29, 1.82) is 0 Å². The molecule has 0 saturated heterocycles. The molecular weight excluding hydrogens is 242 g/mol. The molecule has 0 bridgehead atoms. The maximum atomic E-state index is 6.36. The van der Waals surface area contributed by atoms with Crippen LogP contribution in [0.3, 0.4) is 0 Å². The number of nitrogens with two attached hydrogens (primary N) is 1. The van der Waals surface area contributed by atoms with Crippen LogP contribution in [0.25, 0.3) is 0 Å². The average Bonchev–Trinajstić information content (AvgIpc) is 2.48. The van der Waals surface area contributed by atoms with Crippen LogP contribution in [0, 0.1) is 5.92 Å². The van der Waals surface area contributed by atoms with E-state index in [0.717, 1.165) is 6.42 Å². The lowest BCUT2D eigenvalue weighted by atomic mass is 9.89. The minimum Gasteiger partial charge on any atom is -0.324 e. The summed E-state index contributed by atoms with van der Waals surface area (Å²) in [6.07, 6.45) is 1.02. The van der Waals surface area contributed by atoms with Crippen molar-refractivity contribution < 1.29 is 0 Å². The Morgan fingerprint density at radius 2 is 1.40 bits per heavy atom. The molecule has 2 aromatic rings. The van der Waals surface area contributed by atoms with Crippen molar-refractivity contribution >= 4 is 0 Å². The Kier molecular flexibility index (Phi) is 4.97. The van der Waals surface area contributed by atoms with Crippen molar-refractivity contribution in [2.24, 2.45) is 11.7 Å². The van der Waals surface area contributed by atoms with Crippen molar-refractivity contribution in [2.75, 3.05) is 0 Å². The quantitative estimate of drug-likeness (QED) is 0.835. The van der Waals surface area contributed by atoms with Gasteiger partial charge in [-0.1, -0.05) is 75.4 Å². The van der Waals surface area contributed by atoms with Crippen molar-refractivity contribution in [2.45, 2.75) is 39.2 Å². The molecule has 2 unspecified atom stereocenters. The number of rotatable bonds is 5. The molecule has 20 heavy (non-hydrogen) atoms. The van der Waals surface area contributed by atoms with Crippen molar-refractivity contribution in [3.8, 4) is 0 Å². The Morgan fingerprint density at radius 1 is 0.800 bits per heavy atom. The van der Waals surface area contributed by atoms with Gasteiger partial charge in [-0.3, -0.25) is 0 Å². The molecule has 0 fully saturated rings. The minimum absolute atomic E-state index is 0.0981. The summed E-state index contributed by atoms with van der Waals surface area (Å²) in [6.45, 7) is 6.68. The Hall–Kier alpha value is -1.60. The lowest BCUT2D eigenvalue weighted by Gasteiger charge is -2.20. The zero-order valence-corrected chi connectivity index (χ0v) is 12.7. The summed E-state index contributed by atoms with van der Waals surface area (Å²) in [5.41, 5.74) is 10.4. The van der Waals surface area contributed by atoms with Crippen LogP contribution in [0.2, 0.25) is 0 Å². The van der Waals surface area contributed by atoms with E-state index in [9.17, 15) is 0 Å². The molecular formula is C19H25N. The van der Waals surface area contributed by atoms with Gasteiger partial charge in [-0.25, -0.2) is 0 Å². The molecule has 0 aromatic heterocycles. The maximum absolute atomic E-state index is 6.36. The van der Waals surface area contributed by atoms with Gasteiger partial charge in [0.15, 0.2) is 0 Å². The highest BCUT2D eigenvalue weighted by Gasteiger charge is 2.15. The van der Waals surface area contributed by atoms with Crippen molar-refractivity contribution in [1.82, 2.24) is 0 Å². The molecule has 0 aliphatic heterocycles. The highest BCUT2D eigenvalue weighted by Crippen LogP contribution is 2.23. The van der Waals surface area contributed by atoms with E-state index in [1.165, 1.54) is 16.7 Å². The fraction of sp³-hybridized carbons (Fsp3) is 0.368. The van der Waals surface area contributed by atoms with Gasteiger partial charge in [0.25, 0.3) is 0 Å². The van der Waals surface area contributed by atoms with Gasteiger partial charge in [0.1, 0.15) is 0 Å². The van der Waals surface area contributed by atoms with E-state index >= 15 is 0 Å². The third-order valence-electron chi connectivity index (χ3n) is 4.00. The molecule has 2 atom stereocenters. The van der Waals surface area contributed by atoms with Crippen LogP contribution in [0.1, 0.15) is 49.4 Å². The highest BCUT2D eigenvalue weighted by molar-refractivity contribution is 5.26. The molecule has 0 saturated carbocycles. The maximum Gasteiger partial charge on any atom is 0.0324 e. The fourth-order valence-electron chi connectivity index (χ4n) is 2.54. The summed E-state index contributed by atoms with van der Waals surface area (Å²) < 4.78 is 0. The molecule has 106 valence electrons. The molecule has 0 aliphatic carbocycles. The minimum atomic E-state index is 0.0981. The summed E-state index contributed by atoms with van der Waals surface area (Å²) in [6, 6.07) is 19.4. The van der Waals surface area contributed by atoms with Crippen LogP contribution in [0.5, 0.6) is 0 Å². The van der Waals surface area contributed by atoms with Crippen LogP contribution < -0.4 is 5.73 Å². The van der Waals surface area contributed by atoms with Gasteiger partial charge in [-0.05, 0) is 34.9 Å². The molecule has 0 heterocycles. The number of benzene rings is 2. The van der Waals surface area contributed by atoms with Gasteiger partial charge >= 0.3 is 0 Å². The van der Waals surface area contributed by atoms with Crippen LogP contribution in [-0.4, -0.2) is 0 Å². The van der Waals surface area contributed by atoms with E-state index < -0.39 is 0 Å². The summed E-state index contributed by atoms with van der Waals surface area (Å²) >= 11 is 0. The molecule has 1 heteroatoms. The van der Waals surface area contributed by atoms with Gasteiger partial charge in [-0.2, -0.15) is 0 Å². The van der Waals surface area contributed by atoms with E-state index in [0.29, 0.717) is 11.8 Å². The summed E-state index contributed by atoms with van der Waals surface area (Å²) in [5.74, 6) is 1.02. The van der Waals surface area contributed by atoms with Gasteiger partial charge in [-0.15, -0.1) is 0 Å². The molecule has 0 radical (unpaired) electrons. The smallest absolute Gasteiger partial charge is 0.0324 e. The second-order valence-corrected chi connectivity index (χ2v) is 6.01. The lowest BCUT2D eigenvalue weighted by molar-refractivity contribution is 0.468. The Balaban J connectivity index is 2.02. The number of hydrogen-bond donors (Lipinski definition) is 1. The normalized spacial score (nSPS) is 14.2. The second kappa shape index (κ2) is 6.71. The van der Waals surface area contributed by atoms with Crippen LogP contribution in [0.15, 0.2) is 54.6 Å². The molecule has 0 amide bonds. The van der Waals surface area contributed by atoms with Gasteiger partial charge in [0.05, 0.1) is 0 Å². The van der Waals surface area contributed by atoms with E-state index in [1.54, 1.807) is 0 Å². The van der Waals surface area contributed by atoms with Gasteiger partial charge < -0.3 is 5.73 Å². The van der Waals surface area contributed by atoms with Crippen LogP contribution >= 0.6 is 0 Å². The SMILES string of the molecule is CC(C)c1ccc(CC(C)C(N)c2ccccc2)cc1. The zero-order chi connectivity index (χ0) is 14.5. The van der Waals surface area contributed by atoms with E-state index in [4.69, 9.17) is 5.73 Å². The van der Waals surface area contributed by atoms with E-state index in [-0.39, 0.29) is 6.04 Å². The topological polar surface area (TPSA) is 26.0 Å². The first-order chi connectivity index (χ1) is 9.58. The predicted octanol–water partition coefficient (Wildman–Crippen LogP) is 4.69. The summed E-state index contributed by atoms with van der Waals surface area (Å²) in [5, 5.41) is 0. The zero-order valence-electron chi connectivity index (χ0n) is 12.7. The van der Waals surface area contributed by atoms with Crippen molar-refractivity contribution in [3.05, 3.63) is 71.3 Å². The van der Waals surface area contributed by atoms with Gasteiger partial charge in [0, 0.05) is 6.04 Å². The second-order valence-electron chi connectivity index (χ2n) is 6.01. The molecule has 2 N–H and O–H groups in total. The fourth-order valence-corrected chi connectivity index (χ4v) is 2.54. The first-order valence-corrected chi connectivity index (χ1v) is 7.47. The first-order valence-electron chi connectivity index (χ1n) is 7.47. The lowest BCUT2D eigenvalue weighted by Crippen LogP contribution is -2.20. The molecule has 0 aliphatic rings. The molecule has 2 rings (SSSR count). The average molecular weight is 267 g/mol. The van der Waals surface area contributed by atoms with Gasteiger partial charge in [0.2, 0.25) is 0 Å². The summed E-state index contributed by atoms with van der Waals surface area (Å²) in [7, 11) is 0. The molecule has 0 spiro atoms. The Morgan fingerprint density at radius 3 is 1.95 bits per heavy atom. The molecule has 1 nitrogen and oxygen atoms in total. The summed E-state index contributed by atoms with van der Waals surface area (Å²) in [4.78, 5) is 0. The monoisotopic (exact) mass is 267 g/mol. The number of hydrogen-bond acceptors (Lipinski definition) is 1. The van der Waals surface area contributed by atoms with Crippen LogP contribution in [-0.2, 0) is 6.42 Å². The predicted molar refractivity (Wildman–Crippen MR) is 86.8 cm³/mol. The molecule has 2 aromatic carbocycles. The van der Waals surface area contributed by atoms with Crippen molar-refractivity contribution in [3.63, 3.8) is 0 Å². The van der Waals surface area contributed by atoms with Crippen LogP contribution in [0.4, 0.5) is 0 Å².